The van der Waals surface area contributed by atoms with Crippen LogP contribution in [0.2, 0.25) is 0 Å². The van der Waals surface area contributed by atoms with Crippen molar-refractivity contribution in [1.82, 2.24) is 0 Å². The fourth-order valence-corrected chi connectivity index (χ4v) is 3.59. The van der Waals surface area contributed by atoms with Gasteiger partial charge in [0.15, 0.2) is 5.41 Å². The SMILES string of the molecule is COC(=O)C1(C(=O)OC)CCC(=O)C2C(=O)CCCC21. The van der Waals surface area contributed by atoms with Gasteiger partial charge in [-0.1, -0.05) is 0 Å². The normalized spacial score (nSPS) is 28.5. The zero-order chi connectivity index (χ0) is 14.9. The minimum atomic E-state index is -1.52. The second kappa shape index (κ2) is 5.34. The molecule has 0 aromatic carbocycles. The molecule has 0 aliphatic heterocycles. The van der Waals surface area contributed by atoms with Crippen LogP contribution >= 0.6 is 0 Å². The number of Topliss-reactive ketones (excluding diaryl/α,β-unsaturated/α-hetero) is 2. The molecule has 110 valence electrons. The Labute approximate surface area is 116 Å². The molecule has 0 bridgehead atoms. The summed E-state index contributed by atoms with van der Waals surface area (Å²) in [6.45, 7) is 0. The van der Waals surface area contributed by atoms with Crippen LogP contribution in [0.3, 0.4) is 0 Å². The average Bonchev–Trinajstić information content (AvgIpc) is 2.46. The zero-order valence-electron chi connectivity index (χ0n) is 11.6. The summed E-state index contributed by atoms with van der Waals surface area (Å²) >= 11 is 0. The Morgan fingerprint density at radius 3 is 2.15 bits per heavy atom. The summed E-state index contributed by atoms with van der Waals surface area (Å²) in [7, 11) is 2.40. The van der Waals surface area contributed by atoms with E-state index in [4.69, 9.17) is 9.47 Å². The Hall–Kier alpha value is -1.72. The number of rotatable bonds is 2. The van der Waals surface area contributed by atoms with E-state index in [1.807, 2.05) is 0 Å². The lowest BCUT2D eigenvalue weighted by molar-refractivity contribution is -0.181. The minimum Gasteiger partial charge on any atom is -0.468 e. The summed E-state index contributed by atoms with van der Waals surface area (Å²) in [5.41, 5.74) is -1.52. The van der Waals surface area contributed by atoms with E-state index in [1.165, 1.54) is 14.2 Å². The van der Waals surface area contributed by atoms with Crippen LogP contribution in [0.5, 0.6) is 0 Å². The van der Waals surface area contributed by atoms with Crippen molar-refractivity contribution in [2.45, 2.75) is 32.1 Å². The molecular weight excluding hydrogens is 264 g/mol. The molecule has 20 heavy (non-hydrogen) atoms. The number of ether oxygens (including phenoxy) is 2. The van der Waals surface area contributed by atoms with Gasteiger partial charge < -0.3 is 9.47 Å². The van der Waals surface area contributed by atoms with Crippen molar-refractivity contribution in [2.75, 3.05) is 14.2 Å². The molecule has 0 amide bonds. The number of hydrogen-bond acceptors (Lipinski definition) is 6. The van der Waals surface area contributed by atoms with Crippen molar-refractivity contribution in [3.8, 4) is 0 Å². The number of ketones is 2. The molecule has 2 rings (SSSR count). The summed E-state index contributed by atoms with van der Waals surface area (Å²) in [5, 5.41) is 0. The maximum atomic E-state index is 12.2. The third kappa shape index (κ3) is 1.94. The zero-order valence-corrected chi connectivity index (χ0v) is 11.6. The number of carbonyl (C=O) groups is 4. The molecule has 0 aromatic rings. The van der Waals surface area contributed by atoms with E-state index < -0.39 is 29.2 Å². The molecule has 0 aromatic heterocycles. The Bertz CT molecular complexity index is 442. The molecule has 2 aliphatic rings. The highest BCUT2D eigenvalue weighted by molar-refractivity contribution is 6.09. The second-order valence-electron chi connectivity index (χ2n) is 5.36. The Morgan fingerprint density at radius 1 is 1.05 bits per heavy atom. The maximum Gasteiger partial charge on any atom is 0.323 e. The van der Waals surface area contributed by atoms with Crippen LogP contribution < -0.4 is 0 Å². The van der Waals surface area contributed by atoms with Crippen LogP contribution in [-0.4, -0.2) is 37.7 Å². The minimum absolute atomic E-state index is 0.0249. The highest BCUT2D eigenvalue weighted by Gasteiger charge is 2.62. The molecular formula is C14H18O6. The second-order valence-corrected chi connectivity index (χ2v) is 5.36. The third-order valence-electron chi connectivity index (χ3n) is 4.53. The molecule has 2 atom stereocenters. The smallest absolute Gasteiger partial charge is 0.323 e. The number of hydrogen-bond donors (Lipinski definition) is 0. The highest BCUT2D eigenvalue weighted by Crippen LogP contribution is 2.49. The fourth-order valence-electron chi connectivity index (χ4n) is 3.59. The van der Waals surface area contributed by atoms with E-state index in [0.29, 0.717) is 19.3 Å². The van der Waals surface area contributed by atoms with Gasteiger partial charge in [-0.3, -0.25) is 19.2 Å². The summed E-state index contributed by atoms with van der Waals surface area (Å²) in [6.07, 6.45) is 1.46. The van der Waals surface area contributed by atoms with Crippen LogP contribution in [0.1, 0.15) is 32.1 Å². The van der Waals surface area contributed by atoms with Crippen molar-refractivity contribution in [3.05, 3.63) is 0 Å². The molecule has 2 aliphatic carbocycles. The summed E-state index contributed by atoms with van der Waals surface area (Å²) in [5.74, 6) is -3.27. The number of carbonyl (C=O) groups excluding carboxylic acids is 4. The lowest BCUT2D eigenvalue weighted by atomic mass is 9.56. The van der Waals surface area contributed by atoms with Crippen LogP contribution in [0.4, 0.5) is 0 Å². The van der Waals surface area contributed by atoms with Gasteiger partial charge in [0.1, 0.15) is 11.6 Å². The molecule has 0 spiro atoms. The standard InChI is InChI=1S/C14H18O6/c1-19-12(17)14(13(18)20-2)7-6-10(16)11-8(14)4-3-5-9(11)15/h8,11H,3-7H2,1-2H3. The van der Waals surface area contributed by atoms with Gasteiger partial charge in [-0.05, 0) is 19.3 Å². The van der Waals surface area contributed by atoms with Crippen molar-refractivity contribution >= 4 is 23.5 Å². The third-order valence-corrected chi connectivity index (χ3v) is 4.53. The quantitative estimate of drug-likeness (QED) is 0.546. The van der Waals surface area contributed by atoms with Gasteiger partial charge in [0.2, 0.25) is 0 Å². The Balaban J connectivity index is 2.50. The van der Waals surface area contributed by atoms with Gasteiger partial charge in [0.05, 0.1) is 20.1 Å². The molecule has 2 fully saturated rings. The lowest BCUT2D eigenvalue weighted by Gasteiger charge is -2.44. The van der Waals surface area contributed by atoms with Crippen molar-refractivity contribution in [2.24, 2.45) is 17.3 Å². The molecule has 0 N–H and O–H groups in total. The van der Waals surface area contributed by atoms with E-state index >= 15 is 0 Å². The molecule has 6 nitrogen and oxygen atoms in total. The van der Waals surface area contributed by atoms with Crippen molar-refractivity contribution in [1.29, 1.82) is 0 Å². The topological polar surface area (TPSA) is 86.7 Å². The maximum absolute atomic E-state index is 12.2. The molecule has 0 saturated heterocycles. The highest BCUT2D eigenvalue weighted by atomic mass is 16.5. The Kier molecular flexibility index (Phi) is 3.92. The van der Waals surface area contributed by atoms with Gasteiger partial charge in [-0.2, -0.15) is 0 Å². The van der Waals surface area contributed by atoms with Crippen molar-refractivity contribution in [3.63, 3.8) is 0 Å². The molecule has 2 unspecified atom stereocenters. The number of esters is 2. The summed E-state index contributed by atoms with van der Waals surface area (Å²) in [4.78, 5) is 48.5. The average molecular weight is 282 g/mol. The first-order valence-corrected chi connectivity index (χ1v) is 6.71. The molecule has 0 heterocycles. The van der Waals surface area contributed by atoms with E-state index in [2.05, 4.69) is 0 Å². The van der Waals surface area contributed by atoms with Gasteiger partial charge >= 0.3 is 11.9 Å². The number of fused-ring (bicyclic) bond motifs is 1. The van der Waals surface area contributed by atoms with Crippen molar-refractivity contribution < 1.29 is 28.7 Å². The van der Waals surface area contributed by atoms with Crippen LogP contribution in [0.25, 0.3) is 0 Å². The largest absolute Gasteiger partial charge is 0.468 e. The van der Waals surface area contributed by atoms with Gasteiger partial charge in [0, 0.05) is 18.8 Å². The summed E-state index contributed by atoms with van der Waals surface area (Å²) < 4.78 is 9.55. The monoisotopic (exact) mass is 282 g/mol. The lowest BCUT2D eigenvalue weighted by Crippen LogP contribution is -2.57. The number of methoxy groups -OCH3 is 2. The van der Waals surface area contributed by atoms with Gasteiger partial charge in [-0.25, -0.2) is 0 Å². The predicted molar refractivity (Wildman–Crippen MR) is 66.5 cm³/mol. The van der Waals surface area contributed by atoms with Crippen LogP contribution in [0.15, 0.2) is 0 Å². The molecule has 6 heteroatoms. The van der Waals surface area contributed by atoms with Gasteiger partial charge in [-0.15, -0.1) is 0 Å². The van der Waals surface area contributed by atoms with E-state index in [-0.39, 0.29) is 24.4 Å². The first-order chi connectivity index (χ1) is 9.48. The van der Waals surface area contributed by atoms with Crippen LogP contribution in [0, 0.1) is 17.3 Å². The first-order valence-electron chi connectivity index (χ1n) is 6.71. The Morgan fingerprint density at radius 2 is 1.60 bits per heavy atom. The van der Waals surface area contributed by atoms with Gasteiger partial charge in [0.25, 0.3) is 0 Å². The van der Waals surface area contributed by atoms with E-state index in [1.54, 1.807) is 0 Å². The molecule has 0 radical (unpaired) electrons. The van der Waals surface area contributed by atoms with E-state index in [9.17, 15) is 19.2 Å². The van der Waals surface area contributed by atoms with E-state index in [0.717, 1.165) is 0 Å². The molecule has 2 saturated carbocycles. The summed E-state index contributed by atoms with van der Waals surface area (Å²) in [6, 6.07) is 0. The van der Waals surface area contributed by atoms with Crippen LogP contribution in [-0.2, 0) is 28.7 Å². The fraction of sp³-hybridized carbons (Fsp3) is 0.714. The first kappa shape index (κ1) is 14.7. The predicted octanol–water partition coefficient (Wildman–Crippen LogP) is 0.667.